The van der Waals surface area contributed by atoms with Gasteiger partial charge in [0.05, 0.1) is 6.54 Å². The fourth-order valence-electron chi connectivity index (χ4n) is 3.60. The number of nitrogens with one attached hydrogen (secondary N) is 1. The topological polar surface area (TPSA) is 79.0 Å². The first-order valence-corrected chi connectivity index (χ1v) is 9.31. The normalized spacial score (nSPS) is 22.4. The number of carbonyl (C=O) groups excluding carboxylic acids is 3. The predicted molar refractivity (Wildman–Crippen MR) is 95.9 cm³/mol. The average Bonchev–Trinajstić information content (AvgIpc) is 2.64. The molecule has 0 aromatic heterocycles. The van der Waals surface area contributed by atoms with Crippen LogP contribution in [-0.2, 0) is 9.59 Å². The van der Waals surface area contributed by atoms with E-state index in [1.165, 1.54) is 21.9 Å². The zero-order chi connectivity index (χ0) is 21.3. The van der Waals surface area contributed by atoms with Crippen molar-refractivity contribution < 1.29 is 32.3 Å². The molecule has 7 nitrogen and oxygen atoms in total. The summed E-state index contributed by atoms with van der Waals surface area (Å²) < 4.78 is 40.5. The van der Waals surface area contributed by atoms with Gasteiger partial charge in [0.15, 0.2) is 0 Å². The summed E-state index contributed by atoms with van der Waals surface area (Å²) in [4.78, 5) is 40.8. The summed E-state index contributed by atoms with van der Waals surface area (Å²) in [6.45, 7) is 4.43. The number of rotatable bonds is 4. The molecule has 1 N–H and O–H groups in total. The predicted octanol–water partition coefficient (Wildman–Crippen LogP) is 1.78. The molecule has 29 heavy (non-hydrogen) atoms. The van der Waals surface area contributed by atoms with Gasteiger partial charge in [-0.1, -0.05) is 13.8 Å². The van der Waals surface area contributed by atoms with E-state index in [-0.39, 0.29) is 42.9 Å². The first-order valence-electron chi connectivity index (χ1n) is 9.31. The maximum atomic E-state index is 12.7. The molecule has 1 aromatic rings. The van der Waals surface area contributed by atoms with Crippen molar-refractivity contribution >= 4 is 17.7 Å². The summed E-state index contributed by atoms with van der Waals surface area (Å²) in [5, 5.41) is 2.73. The molecule has 0 unspecified atom stereocenters. The molecule has 1 aromatic carbocycles. The van der Waals surface area contributed by atoms with E-state index < -0.39 is 30.1 Å². The molecule has 2 fully saturated rings. The van der Waals surface area contributed by atoms with Gasteiger partial charge in [0.2, 0.25) is 11.8 Å². The number of amides is 3. The molecule has 2 heterocycles. The molecule has 3 rings (SSSR count). The van der Waals surface area contributed by atoms with Crippen LogP contribution >= 0.6 is 0 Å². The highest BCUT2D eigenvalue weighted by Gasteiger charge is 2.44. The number of halogens is 3. The lowest BCUT2D eigenvalue weighted by atomic mass is 9.97. The van der Waals surface area contributed by atoms with Gasteiger partial charge in [-0.25, -0.2) is 0 Å². The number of piperazine rings is 2. The Kier molecular flexibility index (Phi) is 5.72. The van der Waals surface area contributed by atoms with Crippen LogP contribution in [0.2, 0.25) is 0 Å². The fourth-order valence-corrected chi connectivity index (χ4v) is 3.60. The Morgan fingerprint density at radius 3 is 2.45 bits per heavy atom. The summed E-state index contributed by atoms with van der Waals surface area (Å²) in [5.74, 6) is -1.06. The number of hydrogen-bond donors (Lipinski definition) is 1. The van der Waals surface area contributed by atoms with Crippen LogP contribution in [-0.4, -0.2) is 65.6 Å². The zero-order valence-electron chi connectivity index (χ0n) is 16.0. The van der Waals surface area contributed by atoms with E-state index in [0.29, 0.717) is 6.42 Å². The van der Waals surface area contributed by atoms with Gasteiger partial charge >= 0.3 is 6.36 Å². The van der Waals surface area contributed by atoms with E-state index in [9.17, 15) is 27.6 Å². The molecule has 3 amide bonds. The average molecular weight is 413 g/mol. The number of hydrogen-bond acceptors (Lipinski definition) is 4. The smallest absolute Gasteiger partial charge is 0.406 e. The quantitative estimate of drug-likeness (QED) is 0.816. The zero-order valence-corrected chi connectivity index (χ0v) is 16.0. The van der Waals surface area contributed by atoms with Crippen molar-refractivity contribution in [3.8, 4) is 5.75 Å². The minimum Gasteiger partial charge on any atom is -0.406 e. The minimum absolute atomic E-state index is 0.0333. The van der Waals surface area contributed by atoms with E-state index in [4.69, 9.17) is 0 Å². The van der Waals surface area contributed by atoms with Gasteiger partial charge in [-0.15, -0.1) is 13.2 Å². The standard InChI is InChI=1S/C19H22F3N3O4/c1-11(2)9-14-18(28)25-8-7-24(10-15(25)16(26)23-14)17(27)12-3-5-13(6-4-12)29-19(20,21)22/h3-6,11,14-15H,7-10H2,1-2H3,(H,23,26)/t14-,15+/m0/s1. The Hall–Kier alpha value is -2.78. The van der Waals surface area contributed by atoms with Crippen molar-refractivity contribution in [1.82, 2.24) is 15.1 Å². The van der Waals surface area contributed by atoms with Gasteiger partial charge in [-0.3, -0.25) is 14.4 Å². The van der Waals surface area contributed by atoms with Crippen molar-refractivity contribution in [3.05, 3.63) is 29.8 Å². The Labute approximate surface area is 165 Å². The maximum absolute atomic E-state index is 12.7. The molecule has 0 spiro atoms. The van der Waals surface area contributed by atoms with Crippen LogP contribution in [0, 0.1) is 5.92 Å². The largest absolute Gasteiger partial charge is 0.573 e. The van der Waals surface area contributed by atoms with Gasteiger partial charge < -0.3 is 19.9 Å². The fraction of sp³-hybridized carbons (Fsp3) is 0.526. The number of alkyl halides is 3. The Morgan fingerprint density at radius 2 is 1.86 bits per heavy atom. The second kappa shape index (κ2) is 7.92. The molecule has 2 atom stereocenters. The van der Waals surface area contributed by atoms with Crippen LogP contribution in [0.1, 0.15) is 30.6 Å². The van der Waals surface area contributed by atoms with Crippen LogP contribution in [0.3, 0.4) is 0 Å². The SMILES string of the molecule is CC(C)C[C@@H]1NC(=O)[C@H]2CN(C(=O)c3ccc(OC(F)(F)F)cc3)CCN2C1=O. The number of ether oxygens (including phenoxy) is 1. The van der Waals surface area contributed by atoms with Crippen LogP contribution in [0.15, 0.2) is 24.3 Å². The van der Waals surface area contributed by atoms with Crippen molar-refractivity contribution in [2.75, 3.05) is 19.6 Å². The molecule has 2 saturated heterocycles. The maximum Gasteiger partial charge on any atom is 0.573 e. The van der Waals surface area contributed by atoms with E-state index in [1.54, 1.807) is 0 Å². The molecule has 2 aliphatic heterocycles. The molecule has 0 saturated carbocycles. The molecule has 0 aliphatic carbocycles. The molecular formula is C19H22F3N3O4. The summed E-state index contributed by atoms with van der Waals surface area (Å²) in [7, 11) is 0. The second-order valence-corrected chi connectivity index (χ2v) is 7.56. The van der Waals surface area contributed by atoms with Crippen molar-refractivity contribution in [3.63, 3.8) is 0 Å². The van der Waals surface area contributed by atoms with E-state index in [2.05, 4.69) is 10.1 Å². The number of nitrogens with zero attached hydrogens (tertiary/aromatic N) is 2. The van der Waals surface area contributed by atoms with Crippen molar-refractivity contribution in [2.24, 2.45) is 5.92 Å². The minimum atomic E-state index is -4.81. The van der Waals surface area contributed by atoms with Gasteiger partial charge in [0.1, 0.15) is 17.8 Å². The third kappa shape index (κ3) is 4.80. The van der Waals surface area contributed by atoms with Gasteiger partial charge in [-0.05, 0) is 36.6 Å². The third-order valence-corrected chi connectivity index (χ3v) is 4.91. The Morgan fingerprint density at radius 1 is 1.21 bits per heavy atom. The van der Waals surface area contributed by atoms with Crippen LogP contribution in [0.25, 0.3) is 0 Å². The molecule has 2 aliphatic rings. The number of carbonyl (C=O) groups is 3. The third-order valence-electron chi connectivity index (χ3n) is 4.91. The van der Waals surface area contributed by atoms with E-state index in [1.807, 2.05) is 13.8 Å². The monoisotopic (exact) mass is 413 g/mol. The summed E-state index contributed by atoms with van der Waals surface area (Å²) >= 11 is 0. The lowest BCUT2D eigenvalue weighted by Crippen LogP contribution is -2.69. The molecular weight excluding hydrogens is 391 g/mol. The van der Waals surface area contributed by atoms with Gasteiger partial charge in [0, 0.05) is 18.7 Å². The molecule has 0 bridgehead atoms. The molecule has 158 valence electrons. The van der Waals surface area contributed by atoms with Crippen LogP contribution < -0.4 is 10.1 Å². The Bertz CT molecular complexity index is 795. The first kappa shape index (κ1) is 20.9. The number of fused-ring (bicyclic) bond motifs is 1. The van der Waals surface area contributed by atoms with Gasteiger partial charge in [0.25, 0.3) is 5.91 Å². The Balaban J connectivity index is 1.67. The van der Waals surface area contributed by atoms with E-state index in [0.717, 1.165) is 12.1 Å². The van der Waals surface area contributed by atoms with Crippen molar-refractivity contribution in [2.45, 2.75) is 38.7 Å². The lowest BCUT2D eigenvalue weighted by molar-refractivity contribution is -0.274. The summed E-state index contributed by atoms with van der Waals surface area (Å²) in [6, 6.07) is 3.27. The highest BCUT2D eigenvalue weighted by Crippen LogP contribution is 2.24. The summed E-state index contributed by atoms with van der Waals surface area (Å²) in [5.41, 5.74) is 0.174. The first-order chi connectivity index (χ1) is 13.5. The van der Waals surface area contributed by atoms with Crippen LogP contribution in [0.4, 0.5) is 13.2 Å². The van der Waals surface area contributed by atoms with Gasteiger partial charge in [-0.2, -0.15) is 0 Å². The lowest BCUT2D eigenvalue weighted by Gasteiger charge is -2.45. The van der Waals surface area contributed by atoms with E-state index >= 15 is 0 Å². The highest BCUT2D eigenvalue weighted by atomic mass is 19.4. The second-order valence-electron chi connectivity index (χ2n) is 7.56. The number of benzene rings is 1. The van der Waals surface area contributed by atoms with Crippen LogP contribution in [0.5, 0.6) is 5.75 Å². The highest BCUT2D eigenvalue weighted by molar-refractivity contribution is 5.99. The molecule has 10 heteroatoms. The molecule has 0 radical (unpaired) electrons. The van der Waals surface area contributed by atoms with Crippen molar-refractivity contribution in [1.29, 1.82) is 0 Å². The summed E-state index contributed by atoms with van der Waals surface area (Å²) in [6.07, 6.45) is -4.26.